The average molecular weight is 381 g/mol. The summed E-state index contributed by atoms with van der Waals surface area (Å²) in [5.41, 5.74) is 0. The van der Waals surface area contributed by atoms with Gasteiger partial charge in [0.15, 0.2) is 0 Å². The van der Waals surface area contributed by atoms with Crippen molar-refractivity contribution in [1.82, 2.24) is 20.0 Å². The van der Waals surface area contributed by atoms with Crippen molar-refractivity contribution in [1.29, 1.82) is 0 Å². The largest absolute Gasteiger partial charge is 0.351 e. The highest BCUT2D eigenvalue weighted by Crippen LogP contribution is 2.19. The Hall–Kier alpha value is -1.44. The van der Waals surface area contributed by atoms with Gasteiger partial charge in [-0.05, 0) is 25.1 Å². The van der Waals surface area contributed by atoms with Crippen molar-refractivity contribution < 1.29 is 9.59 Å². The van der Waals surface area contributed by atoms with E-state index >= 15 is 0 Å². The van der Waals surface area contributed by atoms with Crippen LogP contribution in [0, 0.1) is 0 Å². The molecule has 2 amide bonds. The Labute approximate surface area is 161 Å². The van der Waals surface area contributed by atoms with Gasteiger partial charge >= 0.3 is 0 Å². The summed E-state index contributed by atoms with van der Waals surface area (Å²) in [5.74, 6) is 0.0557. The first kappa shape index (κ1) is 20.9. The van der Waals surface area contributed by atoms with Crippen molar-refractivity contribution in [2.24, 2.45) is 0 Å². The van der Waals surface area contributed by atoms with Gasteiger partial charge in [-0.15, -0.1) is 11.3 Å². The molecule has 1 aliphatic heterocycles. The number of hydrogen-bond acceptors (Lipinski definition) is 5. The van der Waals surface area contributed by atoms with Gasteiger partial charge in [0.25, 0.3) is 5.91 Å². The van der Waals surface area contributed by atoms with E-state index in [1.807, 2.05) is 17.0 Å². The zero-order valence-corrected chi connectivity index (χ0v) is 17.1. The van der Waals surface area contributed by atoms with Crippen molar-refractivity contribution >= 4 is 23.2 Å². The van der Waals surface area contributed by atoms with Crippen LogP contribution < -0.4 is 5.32 Å². The van der Waals surface area contributed by atoms with E-state index in [2.05, 4.69) is 29.0 Å². The smallest absolute Gasteiger partial charge is 0.263 e. The zero-order valence-electron chi connectivity index (χ0n) is 16.3. The first-order chi connectivity index (χ1) is 12.5. The van der Waals surface area contributed by atoms with Crippen LogP contribution in [0.5, 0.6) is 0 Å². The third-order valence-electron chi connectivity index (χ3n) is 4.76. The summed E-state index contributed by atoms with van der Waals surface area (Å²) in [7, 11) is 0. The highest BCUT2D eigenvalue weighted by Gasteiger charge is 2.20. The molecule has 26 heavy (non-hydrogen) atoms. The van der Waals surface area contributed by atoms with Crippen LogP contribution in [-0.4, -0.2) is 78.9 Å². The fourth-order valence-corrected chi connectivity index (χ4v) is 4.05. The van der Waals surface area contributed by atoms with Gasteiger partial charge in [0.1, 0.15) is 0 Å². The van der Waals surface area contributed by atoms with Crippen molar-refractivity contribution in [3.8, 4) is 0 Å². The summed E-state index contributed by atoms with van der Waals surface area (Å²) >= 11 is 1.48. The van der Waals surface area contributed by atoms with E-state index < -0.39 is 0 Å². The maximum absolute atomic E-state index is 12.9. The lowest BCUT2D eigenvalue weighted by Crippen LogP contribution is -2.48. The van der Waals surface area contributed by atoms with Crippen LogP contribution in [0.15, 0.2) is 12.1 Å². The molecule has 1 saturated heterocycles. The van der Waals surface area contributed by atoms with Gasteiger partial charge < -0.3 is 15.1 Å². The molecule has 6 nitrogen and oxygen atoms in total. The first-order valence-corrected chi connectivity index (χ1v) is 10.4. The molecule has 7 heteroatoms. The second kappa shape index (κ2) is 10.6. The Morgan fingerprint density at radius 1 is 1.12 bits per heavy atom. The number of carbonyl (C=O) groups excluding carboxylic acids is 2. The normalized spacial score (nSPS) is 15.8. The third-order valence-corrected chi connectivity index (χ3v) is 5.84. The van der Waals surface area contributed by atoms with Crippen molar-refractivity contribution in [2.75, 3.05) is 52.4 Å². The van der Waals surface area contributed by atoms with Crippen LogP contribution in [0.3, 0.4) is 0 Å². The molecule has 0 aliphatic carbocycles. The molecule has 0 bridgehead atoms. The predicted molar refractivity (Wildman–Crippen MR) is 107 cm³/mol. The molecular weight excluding hydrogens is 348 g/mol. The number of amides is 2. The second-order valence-corrected chi connectivity index (χ2v) is 7.91. The van der Waals surface area contributed by atoms with E-state index in [0.717, 1.165) is 68.5 Å². The molecule has 0 spiro atoms. The molecule has 0 unspecified atom stereocenters. The lowest BCUT2D eigenvalue weighted by atomic mass is 10.3. The Balaban J connectivity index is 1.87. The molecule has 2 heterocycles. The molecule has 0 saturated carbocycles. The van der Waals surface area contributed by atoms with Gasteiger partial charge in [0.05, 0.1) is 11.4 Å². The number of hydrogen-bond donors (Lipinski definition) is 1. The summed E-state index contributed by atoms with van der Waals surface area (Å²) in [6.07, 6.45) is 0.958. The second-order valence-electron chi connectivity index (χ2n) is 6.74. The van der Waals surface area contributed by atoms with Crippen LogP contribution in [-0.2, 0) is 11.3 Å². The molecule has 1 aromatic rings. The summed E-state index contributed by atoms with van der Waals surface area (Å²) in [6.45, 7) is 14.3. The number of thiophene rings is 1. The molecule has 1 fully saturated rings. The van der Waals surface area contributed by atoms with Crippen molar-refractivity contribution in [3.05, 3.63) is 21.9 Å². The first-order valence-electron chi connectivity index (χ1n) is 9.60. The summed E-state index contributed by atoms with van der Waals surface area (Å²) in [5, 5.41) is 2.78. The minimum Gasteiger partial charge on any atom is -0.351 e. The number of carbonyl (C=O) groups is 2. The van der Waals surface area contributed by atoms with Gasteiger partial charge in [-0.1, -0.05) is 13.8 Å². The monoisotopic (exact) mass is 380 g/mol. The minimum atomic E-state index is -0.0537. The molecule has 1 N–H and O–H groups in total. The molecular formula is C19H32N4O2S. The standard InChI is InChI=1S/C19H32N4O2S/c1-4-8-23(14-13-22-11-9-21(5-2)10-12-22)19(25)18-7-6-17(26-18)15-20-16(3)24/h6-7H,4-5,8-15H2,1-3H3,(H,20,24). The molecule has 1 aliphatic rings. The van der Waals surface area contributed by atoms with E-state index in [-0.39, 0.29) is 11.8 Å². The quantitative estimate of drug-likeness (QED) is 0.711. The van der Waals surface area contributed by atoms with Gasteiger partial charge in [-0.25, -0.2) is 0 Å². The highest BCUT2D eigenvalue weighted by atomic mass is 32.1. The topological polar surface area (TPSA) is 55.9 Å². The number of nitrogens with zero attached hydrogens (tertiary/aromatic N) is 3. The van der Waals surface area contributed by atoms with Crippen LogP contribution in [0.2, 0.25) is 0 Å². The lowest BCUT2D eigenvalue weighted by Gasteiger charge is -2.35. The molecule has 0 radical (unpaired) electrons. The molecule has 1 aromatic heterocycles. The number of nitrogens with one attached hydrogen (secondary N) is 1. The fourth-order valence-electron chi connectivity index (χ4n) is 3.13. The maximum Gasteiger partial charge on any atom is 0.263 e. The summed E-state index contributed by atoms with van der Waals surface area (Å²) in [6, 6.07) is 3.81. The van der Waals surface area contributed by atoms with Gasteiger partial charge in [0.2, 0.25) is 5.91 Å². The Bertz CT molecular complexity index is 582. The van der Waals surface area contributed by atoms with E-state index in [4.69, 9.17) is 0 Å². The number of rotatable bonds is 9. The van der Waals surface area contributed by atoms with Crippen LogP contribution in [0.1, 0.15) is 41.7 Å². The minimum absolute atomic E-state index is 0.0537. The molecule has 146 valence electrons. The molecule has 0 aromatic carbocycles. The Morgan fingerprint density at radius 3 is 2.42 bits per heavy atom. The highest BCUT2D eigenvalue weighted by molar-refractivity contribution is 7.14. The molecule has 2 rings (SSSR count). The number of piperazine rings is 1. The fraction of sp³-hybridized carbons (Fsp3) is 0.684. The van der Waals surface area contributed by atoms with Crippen LogP contribution >= 0.6 is 11.3 Å². The van der Waals surface area contributed by atoms with E-state index in [0.29, 0.717) is 6.54 Å². The average Bonchev–Trinajstić information content (AvgIpc) is 3.12. The number of likely N-dealkylation sites (N-methyl/N-ethyl adjacent to an activating group) is 1. The van der Waals surface area contributed by atoms with Gasteiger partial charge in [0, 0.05) is 57.6 Å². The summed E-state index contributed by atoms with van der Waals surface area (Å²) in [4.78, 5) is 32.6. The van der Waals surface area contributed by atoms with E-state index in [1.165, 1.54) is 18.3 Å². The Morgan fingerprint density at radius 2 is 1.81 bits per heavy atom. The van der Waals surface area contributed by atoms with Crippen LogP contribution in [0.4, 0.5) is 0 Å². The van der Waals surface area contributed by atoms with E-state index in [9.17, 15) is 9.59 Å². The maximum atomic E-state index is 12.9. The third kappa shape index (κ3) is 6.37. The predicted octanol–water partition coefficient (Wildman–Crippen LogP) is 1.87. The Kier molecular flexibility index (Phi) is 8.54. The summed E-state index contributed by atoms with van der Waals surface area (Å²) < 4.78 is 0. The zero-order chi connectivity index (χ0) is 18.9. The van der Waals surface area contributed by atoms with Gasteiger partial charge in [-0.3, -0.25) is 14.5 Å². The van der Waals surface area contributed by atoms with Crippen molar-refractivity contribution in [3.63, 3.8) is 0 Å². The van der Waals surface area contributed by atoms with Gasteiger partial charge in [-0.2, -0.15) is 0 Å². The van der Waals surface area contributed by atoms with E-state index in [1.54, 1.807) is 0 Å². The van der Waals surface area contributed by atoms with Crippen LogP contribution in [0.25, 0.3) is 0 Å². The van der Waals surface area contributed by atoms with Crippen molar-refractivity contribution in [2.45, 2.75) is 33.7 Å². The molecule has 0 atom stereocenters. The lowest BCUT2D eigenvalue weighted by molar-refractivity contribution is -0.119. The SMILES string of the molecule is CCCN(CCN1CCN(CC)CC1)C(=O)c1ccc(CNC(C)=O)s1.